The molecule has 0 amide bonds. The molecule has 2 rings (SSSR count). The van der Waals surface area contributed by atoms with Crippen LogP contribution in [0.2, 0.25) is 10.0 Å². The Morgan fingerprint density at radius 2 is 1.90 bits per heavy atom. The fraction of sp³-hybridized carbons (Fsp3) is 0.429. The van der Waals surface area contributed by atoms with Crippen molar-refractivity contribution in [1.82, 2.24) is 20.1 Å². The van der Waals surface area contributed by atoms with Crippen LogP contribution >= 0.6 is 23.2 Å². The van der Waals surface area contributed by atoms with Crippen molar-refractivity contribution in [2.75, 3.05) is 6.54 Å². The molecule has 0 radical (unpaired) electrons. The molecule has 1 atom stereocenters. The molecule has 0 spiro atoms. The van der Waals surface area contributed by atoms with Gasteiger partial charge in [0.05, 0.1) is 0 Å². The molecule has 0 fully saturated rings. The molecule has 4 nitrogen and oxygen atoms in total. The van der Waals surface area contributed by atoms with Gasteiger partial charge in [0.25, 0.3) is 0 Å². The van der Waals surface area contributed by atoms with Gasteiger partial charge in [-0.2, -0.15) is 5.10 Å². The topological polar surface area (TPSA) is 42.7 Å². The highest BCUT2D eigenvalue weighted by Gasteiger charge is 2.16. The third-order valence-electron chi connectivity index (χ3n) is 3.12. The van der Waals surface area contributed by atoms with Crippen molar-refractivity contribution in [2.45, 2.75) is 32.9 Å². The number of nitrogens with one attached hydrogen (secondary N) is 1. The minimum absolute atomic E-state index is 0.116. The van der Waals surface area contributed by atoms with Crippen molar-refractivity contribution in [3.63, 3.8) is 0 Å². The third kappa shape index (κ3) is 3.72. The highest BCUT2D eigenvalue weighted by atomic mass is 35.5. The molecule has 1 N–H and O–H groups in total. The molecule has 0 saturated heterocycles. The number of rotatable bonds is 6. The van der Waals surface area contributed by atoms with E-state index in [2.05, 4.69) is 29.2 Å². The average Bonchev–Trinajstić information content (AvgIpc) is 2.84. The summed E-state index contributed by atoms with van der Waals surface area (Å²) in [5.41, 5.74) is 1.06. The highest BCUT2D eigenvalue weighted by molar-refractivity contribution is 6.34. The van der Waals surface area contributed by atoms with Crippen LogP contribution in [0.4, 0.5) is 0 Å². The van der Waals surface area contributed by atoms with Crippen molar-refractivity contribution in [3.05, 3.63) is 46.0 Å². The van der Waals surface area contributed by atoms with E-state index in [1.807, 2.05) is 16.8 Å². The molecule has 0 aliphatic rings. The number of benzene rings is 1. The summed E-state index contributed by atoms with van der Waals surface area (Å²) in [4.78, 5) is 4.33. The largest absolute Gasteiger partial charge is 0.310 e. The van der Waals surface area contributed by atoms with E-state index >= 15 is 0 Å². The lowest BCUT2D eigenvalue weighted by Gasteiger charge is -2.18. The Hall–Kier alpha value is -1.10. The second-order valence-corrected chi connectivity index (χ2v) is 5.38. The van der Waals surface area contributed by atoms with E-state index in [0.29, 0.717) is 10.0 Å². The van der Waals surface area contributed by atoms with Crippen molar-refractivity contribution in [3.8, 4) is 0 Å². The lowest BCUT2D eigenvalue weighted by Crippen LogP contribution is -2.24. The summed E-state index contributed by atoms with van der Waals surface area (Å²) < 4.78 is 1.90. The maximum Gasteiger partial charge on any atom is 0.138 e. The first-order valence-electron chi connectivity index (χ1n) is 6.70. The van der Waals surface area contributed by atoms with Gasteiger partial charge in [-0.05, 0) is 37.2 Å². The van der Waals surface area contributed by atoms with Crippen LogP contribution in [0.15, 0.2) is 24.5 Å². The van der Waals surface area contributed by atoms with Crippen LogP contribution in [0.5, 0.6) is 0 Å². The molecule has 6 heteroatoms. The lowest BCUT2D eigenvalue weighted by molar-refractivity contribution is 0.509. The molecule has 0 aliphatic heterocycles. The number of likely N-dealkylation sites (N-methyl/N-ethyl adjacent to an activating group) is 1. The number of aryl methyl sites for hydroxylation is 1. The SMILES string of the molecule is CCNC(Cc1ncnn1CC)c1cc(Cl)cc(Cl)c1. The summed E-state index contributed by atoms with van der Waals surface area (Å²) in [6.07, 6.45) is 2.34. The minimum Gasteiger partial charge on any atom is -0.310 e. The molecule has 2 aromatic rings. The van der Waals surface area contributed by atoms with E-state index in [1.54, 1.807) is 12.4 Å². The first-order chi connectivity index (χ1) is 9.63. The lowest BCUT2D eigenvalue weighted by atomic mass is 10.0. The van der Waals surface area contributed by atoms with Gasteiger partial charge in [-0.1, -0.05) is 30.1 Å². The fourth-order valence-electron chi connectivity index (χ4n) is 2.22. The summed E-state index contributed by atoms with van der Waals surface area (Å²) >= 11 is 12.2. The first kappa shape index (κ1) is 15.3. The number of aromatic nitrogens is 3. The number of halogens is 2. The van der Waals surface area contributed by atoms with Gasteiger partial charge >= 0.3 is 0 Å². The van der Waals surface area contributed by atoms with Crippen LogP contribution in [0.25, 0.3) is 0 Å². The van der Waals surface area contributed by atoms with Crippen molar-refractivity contribution < 1.29 is 0 Å². The van der Waals surface area contributed by atoms with E-state index in [-0.39, 0.29) is 6.04 Å². The van der Waals surface area contributed by atoms with Crippen LogP contribution in [0.1, 0.15) is 31.3 Å². The predicted molar refractivity (Wildman–Crippen MR) is 82.3 cm³/mol. The van der Waals surface area contributed by atoms with Crippen molar-refractivity contribution in [1.29, 1.82) is 0 Å². The smallest absolute Gasteiger partial charge is 0.138 e. The summed E-state index contributed by atoms with van der Waals surface area (Å²) in [7, 11) is 0. The van der Waals surface area contributed by atoms with Gasteiger partial charge in [-0.3, -0.25) is 4.68 Å². The van der Waals surface area contributed by atoms with E-state index in [1.165, 1.54) is 0 Å². The molecule has 0 aliphatic carbocycles. The van der Waals surface area contributed by atoms with Gasteiger partial charge in [-0.25, -0.2) is 4.98 Å². The van der Waals surface area contributed by atoms with Crippen LogP contribution in [-0.2, 0) is 13.0 Å². The van der Waals surface area contributed by atoms with E-state index < -0.39 is 0 Å². The number of hydrogen-bond donors (Lipinski definition) is 1. The van der Waals surface area contributed by atoms with E-state index in [4.69, 9.17) is 23.2 Å². The van der Waals surface area contributed by atoms with Gasteiger partial charge in [0.1, 0.15) is 12.2 Å². The van der Waals surface area contributed by atoms with E-state index in [0.717, 1.165) is 30.9 Å². The molecule has 1 aromatic carbocycles. The molecule has 0 bridgehead atoms. The number of hydrogen-bond acceptors (Lipinski definition) is 3. The van der Waals surface area contributed by atoms with Crippen LogP contribution in [0.3, 0.4) is 0 Å². The standard InChI is InChI=1S/C14H18Cl2N4/c1-3-17-13(8-14-18-9-19-20(14)4-2)10-5-11(15)7-12(16)6-10/h5-7,9,13,17H,3-4,8H2,1-2H3. The van der Waals surface area contributed by atoms with Gasteiger partial charge in [0.15, 0.2) is 0 Å². The maximum atomic E-state index is 6.09. The van der Waals surface area contributed by atoms with Gasteiger partial charge < -0.3 is 5.32 Å². The van der Waals surface area contributed by atoms with Crippen molar-refractivity contribution in [2.24, 2.45) is 0 Å². The zero-order valence-electron chi connectivity index (χ0n) is 11.6. The molecule has 1 unspecified atom stereocenters. The van der Waals surface area contributed by atoms with Crippen LogP contribution < -0.4 is 5.32 Å². The maximum absolute atomic E-state index is 6.09. The Kier molecular flexibility index (Phi) is 5.40. The second-order valence-electron chi connectivity index (χ2n) is 4.51. The second kappa shape index (κ2) is 7.07. The number of nitrogens with zero attached hydrogens (tertiary/aromatic N) is 3. The summed E-state index contributed by atoms with van der Waals surface area (Å²) in [5, 5.41) is 8.94. The van der Waals surface area contributed by atoms with Crippen LogP contribution in [-0.4, -0.2) is 21.3 Å². The minimum atomic E-state index is 0.116. The van der Waals surface area contributed by atoms with Crippen LogP contribution in [0, 0.1) is 0 Å². The Bertz CT molecular complexity index is 548. The van der Waals surface area contributed by atoms with E-state index in [9.17, 15) is 0 Å². The molecule has 108 valence electrons. The Balaban J connectivity index is 2.26. The van der Waals surface area contributed by atoms with Gasteiger partial charge in [0.2, 0.25) is 0 Å². The molecule has 1 heterocycles. The summed E-state index contributed by atoms with van der Waals surface area (Å²) in [6.45, 7) is 5.79. The summed E-state index contributed by atoms with van der Waals surface area (Å²) in [5.74, 6) is 0.953. The molecule has 0 saturated carbocycles. The summed E-state index contributed by atoms with van der Waals surface area (Å²) in [6, 6.07) is 5.73. The fourth-order valence-corrected chi connectivity index (χ4v) is 2.77. The zero-order chi connectivity index (χ0) is 14.5. The average molecular weight is 313 g/mol. The Morgan fingerprint density at radius 3 is 2.50 bits per heavy atom. The zero-order valence-corrected chi connectivity index (χ0v) is 13.1. The molecular weight excluding hydrogens is 295 g/mol. The molecule has 1 aromatic heterocycles. The Morgan fingerprint density at radius 1 is 1.20 bits per heavy atom. The van der Waals surface area contributed by atoms with Gasteiger partial charge in [-0.15, -0.1) is 0 Å². The van der Waals surface area contributed by atoms with Gasteiger partial charge in [0, 0.05) is 29.1 Å². The first-order valence-corrected chi connectivity index (χ1v) is 7.45. The molecule has 20 heavy (non-hydrogen) atoms. The monoisotopic (exact) mass is 312 g/mol. The molecular formula is C14H18Cl2N4. The normalized spacial score (nSPS) is 12.6. The predicted octanol–water partition coefficient (Wildman–Crippen LogP) is 3.50. The quantitative estimate of drug-likeness (QED) is 0.887. The Labute approximate surface area is 129 Å². The van der Waals surface area contributed by atoms with Crippen molar-refractivity contribution >= 4 is 23.2 Å². The third-order valence-corrected chi connectivity index (χ3v) is 3.56. The highest BCUT2D eigenvalue weighted by Crippen LogP contribution is 2.25.